The van der Waals surface area contributed by atoms with Crippen LogP contribution < -0.4 is 10.2 Å². The first-order chi connectivity index (χ1) is 15.5. The maximum Gasteiger partial charge on any atom is 0.291 e. The summed E-state index contributed by atoms with van der Waals surface area (Å²) >= 11 is 0. The highest BCUT2D eigenvalue weighted by Crippen LogP contribution is 2.41. The minimum atomic E-state index is -0.795. The number of carbonyl (C=O) groups excluding carboxylic acids is 1. The standard InChI is InChI=1S/C25H18FNO5/c1-31-20-11-15(7-9-18(20)28)22-21-23(29)17-12-16(26)8-10-19(17)32-24(21)25(30)27(22)13-14-5-3-2-4-6-14/h2-12,22,28H,13H2,1H3/t22-/m1/s1. The summed E-state index contributed by atoms with van der Waals surface area (Å²) in [5, 5.41) is 10.1. The molecule has 2 heterocycles. The number of hydrogen-bond acceptors (Lipinski definition) is 5. The lowest BCUT2D eigenvalue weighted by atomic mass is 9.97. The van der Waals surface area contributed by atoms with Crippen molar-refractivity contribution in [3.05, 3.63) is 105 Å². The maximum absolute atomic E-state index is 13.9. The number of rotatable bonds is 4. The molecule has 32 heavy (non-hydrogen) atoms. The second-order valence-corrected chi connectivity index (χ2v) is 7.57. The van der Waals surface area contributed by atoms with Crippen LogP contribution in [0, 0.1) is 5.82 Å². The molecule has 1 amide bonds. The van der Waals surface area contributed by atoms with Gasteiger partial charge in [0.15, 0.2) is 16.9 Å². The van der Waals surface area contributed by atoms with Crippen molar-refractivity contribution in [3.63, 3.8) is 0 Å². The molecule has 160 valence electrons. The molecule has 1 atom stereocenters. The van der Waals surface area contributed by atoms with Gasteiger partial charge in [0.2, 0.25) is 5.76 Å². The Labute approximate surface area is 182 Å². The molecule has 3 aromatic carbocycles. The predicted molar refractivity (Wildman–Crippen MR) is 115 cm³/mol. The number of aromatic hydroxyl groups is 1. The number of ether oxygens (including phenoxy) is 1. The number of phenols is 1. The zero-order valence-electron chi connectivity index (χ0n) is 17.0. The highest BCUT2D eigenvalue weighted by Gasteiger charge is 2.43. The molecule has 0 saturated carbocycles. The van der Waals surface area contributed by atoms with Crippen molar-refractivity contribution in [2.75, 3.05) is 7.11 Å². The number of methoxy groups -OCH3 is 1. The van der Waals surface area contributed by atoms with Crippen LogP contribution in [-0.4, -0.2) is 23.0 Å². The van der Waals surface area contributed by atoms with Gasteiger partial charge in [0.05, 0.1) is 24.1 Å². The van der Waals surface area contributed by atoms with Crippen LogP contribution in [0.4, 0.5) is 4.39 Å². The van der Waals surface area contributed by atoms with Crippen molar-refractivity contribution >= 4 is 16.9 Å². The molecule has 0 spiro atoms. The van der Waals surface area contributed by atoms with Crippen LogP contribution in [0.25, 0.3) is 11.0 Å². The van der Waals surface area contributed by atoms with Crippen molar-refractivity contribution < 1.29 is 23.4 Å². The van der Waals surface area contributed by atoms with Crippen LogP contribution >= 0.6 is 0 Å². The van der Waals surface area contributed by atoms with Crippen LogP contribution in [0.5, 0.6) is 11.5 Å². The van der Waals surface area contributed by atoms with Gasteiger partial charge in [-0.25, -0.2) is 4.39 Å². The van der Waals surface area contributed by atoms with Gasteiger partial charge in [-0.05, 0) is 41.5 Å². The summed E-state index contributed by atoms with van der Waals surface area (Å²) in [6, 6.07) is 16.9. The Morgan fingerprint density at radius 2 is 1.84 bits per heavy atom. The van der Waals surface area contributed by atoms with Gasteiger partial charge in [-0.15, -0.1) is 0 Å². The topological polar surface area (TPSA) is 80.0 Å². The normalized spacial score (nSPS) is 15.2. The Balaban J connectivity index is 1.75. The van der Waals surface area contributed by atoms with Crippen molar-refractivity contribution in [1.29, 1.82) is 0 Å². The summed E-state index contributed by atoms with van der Waals surface area (Å²) in [4.78, 5) is 28.4. The second-order valence-electron chi connectivity index (χ2n) is 7.57. The van der Waals surface area contributed by atoms with E-state index in [4.69, 9.17) is 9.15 Å². The Kier molecular flexibility index (Phi) is 4.66. The van der Waals surface area contributed by atoms with Gasteiger partial charge in [-0.3, -0.25) is 9.59 Å². The summed E-state index contributed by atoms with van der Waals surface area (Å²) < 4.78 is 24.9. The minimum absolute atomic E-state index is 0.0638. The van der Waals surface area contributed by atoms with Crippen molar-refractivity contribution in [3.8, 4) is 11.5 Å². The maximum atomic E-state index is 13.9. The average molecular weight is 431 g/mol. The van der Waals surface area contributed by atoms with Crippen LogP contribution in [0.2, 0.25) is 0 Å². The molecular weight excluding hydrogens is 413 g/mol. The third kappa shape index (κ3) is 3.10. The van der Waals surface area contributed by atoms with E-state index in [9.17, 15) is 19.1 Å². The molecule has 0 unspecified atom stereocenters. The monoisotopic (exact) mass is 431 g/mol. The second kappa shape index (κ2) is 7.53. The highest BCUT2D eigenvalue weighted by molar-refractivity contribution is 5.99. The zero-order valence-corrected chi connectivity index (χ0v) is 17.0. The van der Waals surface area contributed by atoms with E-state index in [1.165, 1.54) is 30.2 Å². The van der Waals surface area contributed by atoms with E-state index in [1.807, 2.05) is 30.3 Å². The summed E-state index contributed by atoms with van der Waals surface area (Å²) in [7, 11) is 1.42. The quantitative estimate of drug-likeness (QED) is 0.518. The Morgan fingerprint density at radius 3 is 2.59 bits per heavy atom. The molecule has 1 aliphatic rings. The first-order valence-corrected chi connectivity index (χ1v) is 9.96. The lowest BCUT2D eigenvalue weighted by molar-refractivity contribution is 0.0714. The highest BCUT2D eigenvalue weighted by atomic mass is 19.1. The van der Waals surface area contributed by atoms with Gasteiger partial charge >= 0.3 is 0 Å². The Morgan fingerprint density at radius 1 is 1.06 bits per heavy atom. The molecular formula is C25H18FNO5. The molecule has 1 aliphatic heterocycles. The van der Waals surface area contributed by atoms with E-state index in [0.717, 1.165) is 11.6 Å². The molecule has 0 saturated heterocycles. The van der Waals surface area contributed by atoms with Gasteiger partial charge in [0.25, 0.3) is 5.91 Å². The molecule has 0 radical (unpaired) electrons. The fourth-order valence-electron chi connectivity index (χ4n) is 4.15. The van der Waals surface area contributed by atoms with Gasteiger partial charge in [-0.1, -0.05) is 36.4 Å². The van der Waals surface area contributed by atoms with E-state index in [2.05, 4.69) is 0 Å². The SMILES string of the molecule is COc1cc([C@@H]2c3c(oc4ccc(F)cc4c3=O)C(=O)N2Cc2ccccc2)ccc1O. The van der Waals surface area contributed by atoms with Gasteiger partial charge < -0.3 is 19.2 Å². The van der Waals surface area contributed by atoms with E-state index >= 15 is 0 Å². The number of phenolic OH excluding ortho intramolecular Hbond substituents is 1. The van der Waals surface area contributed by atoms with E-state index in [-0.39, 0.29) is 40.3 Å². The molecule has 5 rings (SSSR count). The van der Waals surface area contributed by atoms with Crippen molar-refractivity contribution in [2.45, 2.75) is 12.6 Å². The summed E-state index contributed by atoms with van der Waals surface area (Å²) in [5.41, 5.74) is 1.24. The molecule has 0 fully saturated rings. The number of amides is 1. The van der Waals surface area contributed by atoms with Crippen molar-refractivity contribution in [2.24, 2.45) is 0 Å². The average Bonchev–Trinajstić information content (AvgIpc) is 3.07. The number of benzene rings is 3. The predicted octanol–water partition coefficient (Wildman–Crippen LogP) is 4.39. The Bertz CT molecular complexity index is 1410. The number of nitrogens with zero attached hydrogens (tertiary/aromatic N) is 1. The number of carbonyl (C=O) groups is 1. The van der Waals surface area contributed by atoms with Gasteiger partial charge in [0.1, 0.15) is 11.4 Å². The summed E-state index contributed by atoms with van der Waals surface area (Å²) in [5.74, 6) is -0.938. The van der Waals surface area contributed by atoms with E-state index in [0.29, 0.717) is 5.56 Å². The lowest BCUT2D eigenvalue weighted by Crippen LogP contribution is -2.29. The van der Waals surface area contributed by atoms with Crippen molar-refractivity contribution in [1.82, 2.24) is 4.90 Å². The van der Waals surface area contributed by atoms with E-state index < -0.39 is 23.2 Å². The number of hydrogen-bond donors (Lipinski definition) is 1. The molecule has 7 heteroatoms. The number of fused-ring (bicyclic) bond motifs is 2. The minimum Gasteiger partial charge on any atom is -0.504 e. The van der Waals surface area contributed by atoms with Gasteiger partial charge in [0, 0.05) is 6.54 Å². The first-order valence-electron chi connectivity index (χ1n) is 9.96. The summed E-state index contributed by atoms with van der Waals surface area (Å²) in [6.07, 6.45) is 0. The summed E-state index contributed by atoms with van der Waals surface area (Å²) in [6.45, 7) is 0.224. The molecule has 0 aliphatic carbocycles. The third-order valence-corrected chi connectivity index (χ3v) is 5.64. The molecule has 4 aromatic rings. The molecule has 6 nitrogen and oxygen atoms in total. The smallest absolute Gasteiger partial charge is 0.291 e. The fraction of sp³-hybridized carbons (Fsp3) is 0.120. The first kappa shape index (κ1) is 19.8. The van der Waals surface area contributed by atoms with Crippen LogP contribution in [-0.2, 0) is 6.54 Å². The zero-order chi connectivity index (χ0) is 22.4. The van der Waals surface area contributed by atoms with Crippen LogP contribution in [0.3, 0.4) is 0 Å². The molecule has 0 bridgehead atoms. The largest absolute Gasteiger partial charge is 0.504 e. The van der Waals surface area contributed by atoms with E-state index in [1.54, 1.807) is 12.1 Å². The van der Waals surface area contributed by atoms with Gasteiger partial charge in [-0.2, -0.15) is 0 Å². The lowest BCUT2D eigenvalue weighted by Gasteiger charge is -2.25. The third-order valence-electron chi connectivity index (χ3n) is 5.64. The van der Waals surface area contributed by atoms with Crippen LogP contribution in [0.15, 0.2) is 75.9 Å². The van der Waals surface area contributed by atoms with Crippen LogP contribution in [0.1, 0.15) is 33.3 Å². The molecule has 1 aromatic heterocycles. The number of halogens is 1. The molecule has 1 N–H and O–H groups in total. The Hall–Kier alpha value is -4.13. The fourth-order valence-corrected chi connectivity index (χ4v) is 4.15.